The average molecular weight is 158 g/mol. The fourth-order valence-corrected chi connectivity index (χ4v) is 2.38. The number of ketones is 1. The van der Waals surface area contributed by atoms with Crippen molar-refractivity contribution in [3.05, 3.63) is 0 Å². The zero-order valence-electron chi connectivity index (χ0n) is 6.81. The highest BCUT2D eigenvalue weighted by Crippen LogP contribution is 2.37. The van der Waals surface area contributed by atoms with Crippen molar-refractivity contribution in [2.75, 3.05) is 5.75 Å². The zero-order chi connectivity index (χ0) is 7.78. The molecule has 58 valence electrons. The summed E-state index contributed by atoms with van der Waals surface area (Å²) in [6.45, 7) is 6.59. The summed E-state index contributed by atoms with van der Waals surface area (Å²) in [5, 5.41) is 0.556. The minimum atomic E-state index is 0.302. The smallest absolute Gasteiger partial charge is 0.143 e. The fourth-order valence-electron chi connectivity index (χ4n) is 1.07. The van der Waals surface area contributed by atoms with Gasteiger partial charge in [0.25, 0.3) is 0 Å². The first-order valence-corrected chi connectivity index (χ1v) is 4.68. The van der Waals surface area contributed by atoms with Crippen LogP contribution in [0.1, 0.15) is 27.2 Å². The molecule has 1 atom stereocenters. The van der Waals surface area contributed by atoms with Crippen LogP contribution in [-0.2, 0) is 4.79 Å². The molecule has 0 bridgehead atoms. The minimum Gasteiger partial charge on any atom is -0.299 e. The Kier molecular flexibility index (Phi) is 2.09. The number of rotatable bonds is 0. The van der Waals surface area contributed by atoms with Crippen LogP contribution in [0.4, 0.5) is 0 Å². The standard InChI is InChI=1S/C8H14OS/c1-8(2,3)7-4-6(9)5-10-7/h7H,4-5H2,1-3H3/t7-/m1/s1. The van der Waals surface area contributed by atoms with E-state index in [1.165, 1.54) is 0 Å². The molecule has 1 heterocycles. The topological polar surface area (TPSA) is 17.1 Å². The van der Waals surface area contributed by atoms with Gasteiger partial charge in [0.2, 0.25) is 0 Å². The van der Waals surface area contributed by atoms with Gasteiger partial charge in [0.15, 0.2) is 0 Å². The third-order valence-corrected chi connectivity index (χ3v) is 3.59. The van der Waals surface area contributed by atoms with Gasteiger partial charge in [0.1, 0.15) is 5.78 Å². The van der Waals surface area contributed by atoms with Gasteiger partial charge in [-0.1, -0.05) is 20.8 Å². The lowest BCUT2D eigenvalue weighted by atomic mass is 9.89. The molecule has 10 heavy (non-hydrogen) atoms. The van der Waals surface area contributed by atoms with E-state index in [9.17, 15) is 4.79 Å². The Morgan fingerprint density at radius 3 is 2.30 bits per heavy atom. The molecular formula is C8H14OS. The molecule has 0 aromatic carbocycles. The Morgan fingerprint density at radius 1 is 1.50 bits per heavy atom. The predicted octanol–water partition coefficient (Wildman–Crippen LogP) is 2.11. The van der Waals surface area contributed by atoms with Crippen molar-refractivity contribution >= 4 is 17.5 Å². The molecule has 0 spiro atoms. The second-order valence-corrected chi connectivity index (χ2v) is 5.10. The van der Waals surface area contributed by atoms with E-state index >= 15 is 0 Å². The van der Waals surface area contributed by atoms with Crippen molar-refractivity contribution in [2.24, 2.45) is 5.41 Å². The summed E-state index contributed by atoms with van der Waals surface area (Å²) < 4.78 is 0. The van der Waals surface area contributed by atoms with Crippen molar-refractivity contribution < 1.29 is 4.79 Å². The first kappa shape index (κ1) is 8.12. The third kappa shape index (κ3) is 1.75. The lowest BCUT2D eigenvalue weighted by molar-refractivity contribution is -0.116. The van der Waals surface area contributed by atoms with E-state index in [1.807, 2.05) is 11.8 Å². The molecule has 1 nitrogen and oxygen atoms in total. The Hall–Kier alpha value is 0.0200. The predicted molar refractivity (Wildman–Crippen MR) is 45.3 cm³/mol. The highest BCUT2D eigenvalue weighted by Gasteiger charge is 2.32. The highest BCUT2D eigenvalue weighted by molar-refractivity contribution is 8.01. The third-order valence-electron chi connectivity index (χ3n) is 1.82. The van der Waals surface area contributed by atoms with Crippen LogP contribution in [0.25, 0.3) is 0 Å². The van der Waals surface area contributed by atoms with Crippen LogP contribution >= 0.6 is 11.8 Å². The molecule has 1 aliphatic heterocycles. The van der Waals surface area contributed by atoms with E-state index in [2.05, 4.69) is 20.8 Å². The Labute approximate surface area is 66.6 Å². The van der Waals surface area contributed by atoms with Crippen LogP contribution in [0, 0.1) is 5.41 Å². The molecule has 0 saturated carbocycles. The Balaban J connectivity index is 2.53. The monoisotopic (exact) mass is 158 g/mol. The molecular weight excluding hydrogens is 144 g/mol. The van der Waals surface area contributed by atoms with Crippen molar-refractivity contribution in [3.63, 3.8) is 0 Å². The number of hydrogen-bond acceptors (Lipinski definition) is 2. The van der Waals surface area contributed by atoms with Gasteiger partial charge in [-0.3, -0.25) is 4.79 Å². The molecule has 0 N–H and O–H groups in total. The second kappa shape index (κ2) is 2.57. The van der Waals surface area contributed by atoms with Crippen LogP contribution in [0.15, 0.2) is 0 Å². The molecule has 0 aromatic rings. The van der Waals surface area contributed by atoms with Crippen LogP contribution in [-0.4, -0.2) is 16.8 Å². The van der Waals surface area contributed by atoms with Gasteiger partial charge in [0, 0.05) is 11.7 Å². The molecule has 1 saturated heterocycles. The maximum Gasteiger partial charge on any atom is 0.143 e. The zero-order valence-corrected chi connectivity index (χ0v) is 7.62. The number of carbonyl (C=O) groups excluding carboxylic acids is 1. The SMILES string of the molecule is CC(C)(C)[C@H]1CC(=O)CS1. The maximum absolute atomic E-state index is 10.9. The van der Waals surface area contributed by atoms with Crippen LogP contribution < -0.4 is 0 Å². The first-order valence-electron chi connectivity index (χ1n) is 3.63. The summed E-state index contributed by atoms with van der Waals surface area (Å²) in [7, 11) is 0. The van der Waals surface area contributed by atoms with Crippen LogP contribution in [0.3, 0.4) is 0 Å². The van der Waals surface area contributed by atoms with E-state index in [-0.39, 0.29) is 0 Å². The number of hydrogen-bond donors (Lipinski definition) is 0. The number of Topliss-reactive ketones (excluding diaryl/α,β-unsaturated/α-hetero) is 1. The first-order chi connectivity index (χ1) is 4.50. The van der Waals surface area contributed by atoms with E-state index in [1.54, 1.807) is 0 Å². The summed E-state index contributed by atoms with van der Waals surface area (Å²) in [6, 6.07) is 0. The molecule has 1 aliphatic rings. The summed E-state index contributed by atoms with van der Waals surface area (Å²) in [6.07, 6.45) is 0.786. The number of thioether (sulfide) groups is 1. The molecule has 0 aliphatic carbocycles. The summed E-state index contributed by atoms with van der Waals surface area (Å²) in [5.41, 5.74) is 0.302. The molecule has 1 fully saturated rings. The van der Waals surface area contributed by atoms with Crippen LogP contribution in [0.2, 0.25) is 0 Å². The van der Waals surface area contributed by atoms with Gasteiger partial charge in [-0.15, -0.1) is 11.8 Å². The molecule has 0 radical (unpaired) electrons. The molecule has 0 aromatic heterocycles. The second-order valence-electron chi connectivity index (χ2n) is 3.91. The lowest BCUT2D eigenvalue weighted by Crippen LogP contribution is -2.20. The van der Waals surface area contributed by atoms with E-state index in [0.717, 1.165) is 12.2 Å². The van der Waals surface area contributed by atoms with E-state index in [0.29, 0.717) is 16.4 Å². The van der Waals surface area contributed by atoms with Gasteiger partial charge < -0.3 is 0 Å². The van der Waals surface area contributed by atoms with Gasteiger partial charge in [-0.2, -0.15) is 0 Å². The molecule has 0 amide bonds. The largest absolute Gasteiger partial charge is 0.299 e. The summed E-state index contributed by atoms with van der Waals surface area (Å²) in [4.78, 5) is 10.9. The van der Waals surface area contributed by atoms with Crippen molar-refractivity contribution in [3.8, 4) is 0 Å². The highest BCUT2D eigenvalue weighted by atomic mass is 32.2. The molecule has 1 rings (SSSR count). The lowest BCUT2D eigenvalue weighted by Gasteiger charge is -2.24. The van der Waals surface area contributed by atoms with Crippen molar-refractivity contribution in [1.82, 2.24) is 0 Å². The quantitative estimate of drug-likeness (QED) is 0.537. The Bertz CT molecular complexity index is 146. The fraction of sp³-hybridized carbons (Fsp3) is 0.875. The Morgan fingerprint density at radius 2 is 2.10 bits per heavy atom. The van der Waals surface area contributed by atoms with E-state index in [4.69, 9.17) is 0 Å². The van der Waals surface area contributed by atoms with Gasteiger partial charge in [0.05, 0.1) is 5.75 Å². The molecule has 2 heteroatoms. The normalized spacial score (nSPS) is 27.5. The summed E-state index contributed by atoms with van der Waals surface area (Å²) in [5.74, 6) is 1.16. The minimum absolute atomic E-state index is 0.302. The maximum atomic E-state index is 10.9. The average Bonchev–Trinajstić information content (AvgIpc) is 2.11. The van der Waals surface area contributed by atoms with Gasteiger partial charge in [-0.05, 0) is 5.41 Å². The van der Waals surface area contributed by atoms with E-state index < -0.39 is 0 Å². The van der Waals surface area contributed by atoms with Gasteiger partial charge in [-0.25, -0.2) is 0 Å². The molecule has 0 unspecified atom stereocenters. The number of carbonyl (C=O) groups is 1. The summed E-state index contributed by atoms with van der Waals surface area (Å²) >= 11 is 1.81. The van der Waals surface area contributed by atoms with Crippen molar-refractivity contribution in [1.29, 1.82) is 0 Å². The van der Waals surface area contributed by atoms with Crippen LogP contribution in [0.5, 0.6) is 0 Å². The van der Waals surface area contributed by atoms with Gasteiger partial charge >= 0.3 is 0 Å². The van der Waals surface area contributed by atoms with Crippen molar-refractivity contribution in [2.45, 2.75) is 32.4 Å².